The fourth-order valence-corrected chi connectivity index (χ4v) is 2.78. The Morgan fingerprint density at radius 3 is 2.64 bits per heavy atom. The van der Waals surface area contributed by atoms with Crippen LogP contribution in [0.4, 0.5) is 4.79 Å². The molecule has 1 aromatic rings. The van der Waals surface area contributed by atoms with Crippen LogP contribution in [0.25, 0.3) is 0 Å². The van der Waals surface area contributed by atoms with E-state index < -0.39 is 23.9 Å². The van der Waals surface area contributed by atoms with Crippen molar-refractivity contribution in [2.75, 3.05) is 7.05 Å². The van der Waals surface area contributed by atoms with Gasteiger partial charge in [0.1, 0.15) is 12.3 Å². The molecule has 1 aliphatic carbocycles. The lowest BCUT2D eigenvalue weighted by molar-refractivity contribution is -0.129. The van der Waals surface area contributed by atoms with Crippen LogP contribution in [0.15, 0.2) is 10.7 Å². The number of aromatic nitrogens is 1. The SMILES string of the molecule is CC1C(=O)N(NC(=O)c2coc(C3CCCC3)n2)C(=O)N1C. The number of oxazole rings is 1. The zero-order valence-corrected chi connectivity index (χ0v) is 12.5. The molecule has 118 valence electrons. The summed E-state index contributed by atoms with van der Waals surface area (Å²) in [6, 6.07) is -1.16. The molecule has 2 heterocycles. The van der Waals surface area contributed by atoms with Gasteiger partial charge in [0.05, 0.1) is 0 Å². The zero-order chi connectivity index (χ0) is 15.9. The molecule has 22 heavy (non-hydrogen) atoms. The molecule has 0 bridgehead atoms. The monoisotopic (exact) mass is 306 g/mol. The molecule has 2 fully saturated rings. The number of imide groups is 1. The van der Waals surface area contributed by atoms with Crippen molar-refractivity contribution in [1.29, 1.82) is 0 Å². The number of rotatable bonds is 3. The highest BCUT2D eigenvalue weighted by molar-refractivity contribution is 6.06. The van der Waals surface area contributed by atoms with Crippen LogP contribution in [0, 0.1) is 0 Å². The second-order valence-electron chi connectivity index (χ2n) is 5.74. The number of carbonyl (C=O) groups excluding carboxylic acids is 3. The topological polar surface area (TPSA) is 95.7 Å². The quantitative estimate of drug-likeness (QED) is 0.848. The molecule has 3 rings (SSSR count). The first-order chi connectivity index (χ1) is 10.5. The minimum absolute atomic E-state index is 0.0738. The van der Waals surface area contributed by atoms with Gasteiger partial charge in [-0.15, -0.1) is 0 Å². The summed E-state index contributed by atoms with van der Waals surface area (Å²) in [5.74, 6) is -0.299. The van der Waals surface area contributed by atoms with E-state index in [1.54, 1.807) is 6.92 Å². The van der Waals surface area contributed by atoms with Gasteiger partial charge in [-0.3, -0.25) is 15.0 Å². The summed E-state index contributed by atoms with van der Waals surface area (Å²) in [5, 5.41) is 0.719. The van der Waals surface area contributed by atoms with Gasteiger partial charge in [0.15, 0.2) is 11.6 Å². The molecule has 8 heteroatoms. The van der Waals surface area contributed by atoms with E-state index in [-0.39, 0.29) is 11.6 Å². The Morgan fingerprint density at radius 2 is 2.05 bits per heavy atom. The Labute approximate surface area is 127 Å². The molecule has 1 saturated heterocycles. The van der Waals surface area contributed by atoms with E-state index in [0.717, 1.165) is 30.7 Å². The van der Waals surface area contributed by atoms with Gasteiger partial charge in [-0.1, -0.05) is 12.8 Å². The van der Waals surface area contributed by atoms with E-state index in [1.807, 2.05) is 0 Å². The van der Waals surface area contributed by atoms with E-state index in [1.165, 1.54) is 18.2 Å². The molecule has 0 spiro atoms. The zero-order valence-electron chi connectivity index (χ0n) is 12.5. The van der Waals surface area contributed by atoms with Crippen LogP contribution in [-0.4, -0.2) is 45.8 Å². The lowest BCUT2D eigenvalue weighted by Crippen LogP contribution is -2.46. The third-order valence-electron chi connectivity index (χ3n) is 4.32. The normalized spacial score (nSPS) is 22.7. The Kier molecular flexibility index (Phi) is 3.59. The number of nitrogens with one attached hydrogen (secondary N) is 1. The summed E-state index contributed by atoms with van der Waals surface area (Å²) in [5.41, 5.74) is 2.36. The molecular formula is C14H18N4O4. The van der Waals surface area contributed by atoms with Crippen LogP contribution in [0.5, 0.6) is 0 Å². The van der Waals surface area contributed by atoms with E-state index in [2.05, 4.69) is 10.4 Å². The lowest BCUT2D eigenvalue weighted by atomic mass is 10.1. The van der Waals surface area contributed by atoms with Crippen molar-refractivity contribution in [3.05, 3.63) is 17.8 Å². The number of carbonyl (C=O) groups is 3. The van der Waals surface area contributed by atoms with Gasteiger partial charge < -0.3 is 9.32 Å². The Bertz CT molecular complexity index is 600. The van der Waals surface area contributed by atoms with Crippen molar-refractivity contribution in [1.82, 2.24) is 20.3 Å². The summed E-state index contributed by atoms with van der Waals surface area (Å²) in [6.07, 6.45) is 5.55. The van der Waals surface area contributed by atoms with Crippen LogP contribution in [0.2, 0.25) is 0 Å². The first kappa shape index (κ1) is 14.6. The minimum Gasteiger partial charge on any atom is -0.448 e. The Morgan fingerprint density at radius 1 is 1.36 bits per heavy atom. The molecule has 0 radical (unpaired) electrons. The summed E-state index contributed by atoms with van der Waals surface area (Å²) >= 11 is 0. The summed E-state index contributed by atoms with van der Waals surface area (Å²) in [6.45, 7) is 1.60. The van der Waals surface area contributed by atoms with Crippen molar-refractivity contribution in [2.24, 2.45) is 0 Å². The van der Waals surface area contributed by atoms with Crippen molar-refractivity contribution >= 4 is 17.8 Å². The van der Waals surface area contributed by atoms with Crippen LogP contribution >= 0.6 is 0 Å². The number of amides is 4. The highest BCUT2D eigenvalue weighted by Gasteiger charge is 2.41. The second kappa shape index (κ2) is 5.43. The first-order valence-electron chi connectivity index (χ1n) is 7.36. The maximum Gasteiger partial charge on any atom is 0.346 e. The molecular weight excluding hydrogens is 288 g/mol. The van der Waals surface area contributed by atoms with E-state index >= 15 is 0 Å². The molecule has 1 aliphatic heterocycles. The number of hydrazine groups is 1. The average molecular weight is 306 g/mol. The number of hydrogen-bond acceptors (Lipinski definition) is 5. The number of likely N-dealkylation sites (N-methyl/N-ethyl adjacent to an activating group) is 1. The van der Waals surface area contributed by atoms with Crippen molar-refractivity contribution in [3.63, 3.8) is 0 Å². The van der Waals surface area contributed by atoms with Gasteiger partial charge in [-0.2, -0.15) is 5.01 Å². The summed E-state index contributed by atoms with van der Waals surface area (Å²) in [4.78, 5) is 41.4. The molecule has 2 aliphatic rings. The molecule has 4 amide bonds. The maximum atomic E-state index is 12.1. The van der Waals surface area contributed by atoms with Crippen molar-refractivity contribution in [3.8, 4) is 0 Å². The third kappa shape index (κ3) is 2.34. The second-order valence-corrected chi connectivity index (χ2v) is 5.74. The molecule has 1 N–H and O–H groups in total. The Balaban J connectivity index is 1.70. The van der Waals surface area contributed by atoms with Gasteiger partial charge in [0.25, 0.3) is 11.8 Å². The highest BCUT2D eigenvalue weighted by Crippen LogP contribution is 2.33. The summed E-state index contributed by atoms with van der Waals surface area (Å²) < 4.78 is 5.36. The molecule has 1 aromatic heterocycles. The highest BCUT2D eigenvalue weighted by atomic mass is 16.3. The van der Waals surface area contributed by atoms with Gasteiger partial charge in [-0.25, -0.2) is 9.78 Å². The van der Waals surface area contributed by atoms with E-state index in [4.69, 9.17) is 4.42 Å². The average Bonchev–Trinajstić information content (AvgIpc) is 3.22. The van der Waals surface area contributed by atoms with Gasteiger partial charge in [-0.05, 0) is 19.8 Å². The summed E-state index contributed by atoms with van der Waals surface area (Å²) in [7, 11) is 1.51. The number of nitrogens with zero attached hydrogens (tertiary/aromatic N) is 3. The molecule has 1 saturated carbocycles. The van der Waals surface area contributed by atoms with Crippen LogP contribution in [0.1, 0.15) is 54.9 Å². The third-order valence-corrected chi connectivity index (χ3v) is 4.32. The van der Waals surface area contributed by atoms with Gasteiger partial charge in [0.2, 0.25) is 0 Å². The number of hydrogen-bond donors (Lipinski definition) is 1. The van der Waals surface area contributed by atoms with Crippen LogP contribution in [0.3, 0.4) is 0 Å². The van der Waals surface area contributed by atoms with Crippen molar-refractivity contribution in [2.45, 2.75) is 44.6 Å². The smallest absolute Gasteiger partial charge is 0.346 e. The lowest BCUT2D eigenvalue weighted by Gasteiger charge is -2.13. The predicted molar refractivity (Wildman–Crippen MR) is 74.6 cm³/mol. The molecule has 0 aromatic carbocycles. The predicted octanol–water partition coefficient (Wildman–Crippen LogP) is 1.26. The maximum absolute atomic E-state index is 12.1. The van der Waals surface area contributed by atoms with Crippen molar-refractivity contribution < 1.29 is 18.8 Å². The van der Waals surface area contributed by atoms with Gasteiger partial charge >= 0.3 is 6.03 Å². The fourth-order valence-electron chi connectivity index (χ4n) is 2.78. The first-order valence-corrected chi connectivity index (χ1v) is 7.36. The largest absolute Gasteiger partial charge is 0.448 e. The number of urea groups is 1. The van der Waals surface area contributed by atoms with Crippen LogP contribution < -0.4 is 5.43 Å². The minimum atomic E-state index is -0.628. The molecule has 1 unspecified atom stereocenters. The van der Waals surface area contributed by atoms with E-state index in [0.29, 0.717) is 5.89 Å². The molecule has 8 nitrogen and oxygen atoms in total. The molecule has 1 atom stereocenters. The fraction of sp³-hybridized carbons (Fsp3) is 0.571. The van der Waals surface area contributed by atoms with Gasteiger partial charge in [0, 0.05) is 13.0 Å². The van der Waals surface area contributed by atoms with E-state index in [9.17, 15) is 14.4 Å². The standard InChI is InChI=1S/C14H18N4O4/c1-8-13(20)18(14(21)17(8)2)16-11(19)10-7-22-12(15-10)9-5-3-4-6-9/h7-9H,3-6H2,1-2H3,(H,16,19). The Hall–Kier alpha value is -2.38. The van der Waals surface area contributed by atoms with Crippen LogP contribution in [-0.2, 0) is 4.79 Å².